The summed E-state index contributed by atoms with van der Waals surface area (Å²) < 4.78 is 0.616. The minimum atomic E-state index is -1.08. The van der Waals surface area contributed by atoms with Crippen molar-refractivity contribution in [3.8, 4) is 0 Å². The molecular formula is C7H11BrN2O3. The second kappa shape index (κ2) is 5.58. The molecule has 0 rings (SSSR count). The summed E-state index contributed by atoms with van der Waals surface area (Å²) in [6, 6.07) is -1.43. The van der Waals surface area contributed by atoms with Gasteiger partial charge in [-0.25, -0.2) is 4.79 Å². The molecule has 0 unspecified atom stereocenters. The van der Waals surface area contributed by atoms with Crippen LogP contribution < -0.4 is 10.6 Å². The highest BCUT2D eigenvalue weighted by atomic mass is 79.9. The average molecular weight is 251 g/mol. The minimum absolute atomic E-state index is 0.262. The van der Waals surface area contributed by atoms with Gasteiger partial charge in [0.1, 0.15) is 6.04 Å². The Labute approximate surface area is 84.3 Å². The van der Waals surface area contributed by atoms with Crippen molar-refractivity contribution in [3.63, 3.8) is 0 Å². The van der Waals surface area contributed by atoms with Gasteiger partial charge in [0.15, 0.2) is 0 Å². The van der Waals surface area contributed by atoms with Crippen molar-refractivity contribution in [2.75, 3.05) is 6.54 Å². The lowest BCUT2D eigenvalue weighted by molar-refractivity contribution is -0.138. The molecule has 0 aliphatic heterocycles. The van der Waals surface area contributed by atoms with E-state index in [2.05, 4.69) is 33.1 Å². The summed E-state index contributed by atoms with van der Waals surface area (Å²) in [6.45, 7) is 5.14. The zero-order valence-corrected chi connectivity index (χ0v) is 8.72. The van der Waals surface area contributed by atoms with Crippen molar-refractivity contribution < 1.29 is 14.7 Å². The molecule has 0 saturated heterocycles. The maximum absolute atomic E-state index is 10.9. The zero-order valence-electron chi connectivity index (χ0n) is 7.13. The number of carboxylic acid groups (broad SMARTS) is 1. The number of nitrogens with one attached hydrogen (secondary N) is 2. The quantitative estimate of drug-likeness (QED) is 0.687. The molecule has 0 aromatic rings. The van der Waals surface area contributed by atoms with Crippen LogP contribution in [0.3, 0.4) is 0 Å². The second-order valence-corrected chi connectivity index (χ2v) is 3.53. The van der Waals surface area contributed by atoms with Crippen LogP contribution in [0, 0.1) is 0 Å². The molecule has 0 bridgehead atoms. The number of carbonyl (C=O) groups excluding carboxylic acids is 1. The third kappa shape index (κ3) is 6.15. The molecule has 1 atom stereocenters. The molecule has 0 saturated carbocycles. The van der Waals surface area contributed by atoms with Gasteiger partial charge in [-0.15, -0.1) is 0 Å². The van der Waals surface area contributed by atoms with Gasteiger partial charge in [0.2, 0.25) is 0 Å². The standard InChI is InChI=1S/C7H11BrN2O3/c1-4(8)3-9-7(13)10-5(2)6(11)12/h5H,1,3H2,2H3,(H,11,12)(H2,9,10,13)/t5-/m0/s1. The number of aliphatic carboxylic acids is 1. The Morgan fingerprint density at radius 3 is 2.54 bits per heavy atom. The maximum Gasteiger partial charge on any atom is 0.325 e. The maximum atomic E-state index is 10.9. The van der Waals surface area contributed by atoms with Crippen LogP contribution in [-0.4, -0.2) is 29.7 Å². The van der Waals surface area contributed by atoms with Gasteiger partial charge in [0, 0.05) is 4.48 Å². The van der Waals surface area contributed by atoms with Crippen LogP contribution in [0.15, 0.2) is 11.1 Å². The van der Waals surface area contributed by atoms with E-state index in [0.29, 0.717) is 4.48 Å². The van der Waals surface area contributed by atoms with Gasteiger partial charge in [-0.3, -0.25) is 4.79 Å². The highest BCUT2D eigenvalue weighted by Crippen LogP contribution is 1.96. The number of carboxylic acids is 1. The number of halogens is 1. The summed E-state index contributed by atoms with van der Waals surface area (Å²) in [5, 5.41) is 13.1. The molecule has 13 heavy (non-hydrogen) atoms. The zero-order chi connectivity index (χ0) is 10.4. The topological polar surface area (TPSA) is 78.4 Å². The summed E-state index contributed by atoms with van der Waals surface area (Å²) in [7, 11) is 0. The molecule has 6 heteroatoms. The van der Waals surface area contributed by atoms with E-state index in [9.17, 15) is 9.59 Å². The fourth-order valence-electron chi connectivity index (χ4n) is 0.486. The molecule has 74 valence electrons. The molecule has 0 aliphatic rings. The Hall–Kier alpha value is -1.04. The fraction of sp³-hybridized carbons (Fsp3) is 0.429. The third-order valence-electron chi connectivity index (χ3n) is 1.16. The number of urea groups is 1. The minimum Gasteiger partial charge on any atom is -0.480 e. The van der Waals surface area contributed by atoms with Crippen molar-refractivity contribution in [2.24, 2.45) is 0 Å². The number of rotatable bonds is 4. The fourth-order valence-corrected chi connectivity index (χ4v) is 0.626. The van der Waals surface area contributed by atoms with E-state index < -0.39 is 18.0 Å². The van der Waals surface area contributed by atoms with Crippen LogP contribution in [-0.2, 0) is 4.79 Å². The van der Waals surface area contributed by atoms with Crippen LogP contribution in [0.25, 0.3) is 0 Å². The normalized spacial score (nSPS) is 11.5. The number of carbonyl (C=O) groups is 2. The van der Waals surface area contributed by atoms with Crippen LogP contribution in [0.5, 0.6) is 0 Å². The van der Waals surface area contributed by atoms with E-state index in [0.717, 1.165) is 0 Å². The summed E-state index contributed by atoms with van der Waals surface area (Å²) in [5.41, 5.74) is 0. The largest absolute Gasteiger partial charge is 0.480 e. The Morgan fingerprint density at radius 2 is 2.15 bits per heavy atom. The van der Waals surface area contributed by atoms with E-state index >= 15 is 0 Å². The first-order valence-electron chi connectivity index (χ1n) is 3.54. The van der Waals surface area contributed by atoms with Crippen LogP contribution in [0.2, 0.25) is 0 Å². The predicted molar refractivity (Wildman–Crippen MR) is 51.7 cm³/mol. The highest BCUT2D eigenvalue weighted by molar-refractivity contribution is 9.11. The van der Waals surface area contributed by atoms with Crippen LogP contribution in [0.4, 0.5) is 4.79 Å². The highest BCUT2D eigenvalue weighted by Gasteiger charge is 2.12. The number of hydrogen-bond donors (Lipinski definition) is 3. The molecule has 0 heterocycles. The molecule has 0 aliphatic carbocycles. The lowest BCUT2D eigenvalue weighted by Crippen LogP contribution is -2.44. The van der Waals surface area contributed by atoms with Gasteiger partial charge >= 0.3 is 12.0 Å². The van der Waals surface area contributed by atoms with Crippen LogP contribution in [0.1, 0.15) is 6.92 Å². The Balaban J connectivity index is 3.74. The van der Waals surface area contributed by atoms with Gasteiger partial charge in [0.25, 0.3) is 0 Å². The first kappa shape index (κ1) is 12.0. The van der Waals surface area contributed by atoms with Gasteiger partial charge in [-0.05, 0) is 6.92 Å². The van der Waals surface area contributed by atoms with Crippen LogP contribution >= 0.6 is 15.9 Å². The Kier molecular flexibility index (Phi) is 5.13. The average Bonchev–Trinajstić information content (AvgIpc) is 2.00. The molecule has 0 aromatic heterocycles. The molecule has 3 N–H and O–H groups in total. The molecular weight excluding hydrogens is 240 g/mol. The van der Waals surface area contributed by atoms with Gasteiger partial charge in [0.05, 0.1) is 6.54 Å². The van der Waals surface area contributed by atoms with Gasteiger partial charge in [-0.2, -0.15) is 0 Å². The first-order chi connectivity index (χ1) is 5.93. The molecule has 0 fully saturated rings. The SMILES string of the molecule is C=C(Br)CNC(=O)N[C@@H](C)C(=O)O. The van der Waals surface area contributed by atoms with E-state index in [4.69, 9.17) is 5.11 Å². The smallest absolute Gasteiger partial charge is 0.325 e. The van der Waals surface area contributed by atoms with Crippen molar-refractivity contribution in [2.45, 2.75) is 13.0 Å². The summed E-state index contributed by atoms with van der Waals surface area (Å²) in [5.74, 6) is -1.08. The van der Waals surface area contributed by atoms with Crippen molar-refractivity contribution in [1.29, 1.82) is 0 Å². The molecule has 0 aromatic carbocycles. The van der Waals surface area contributed by atoms with Gasteiger partial charge < -0.3 is 15.7 Å². The van der Waals surface area contributed by atoms with E-state index in [1.807, 2.05) is 0 Å². The number of amides is 2. The molecule has 0 spiro atoms. The van der Waals surface area contributed by atoms with Crippen molar-refractivity contribution in [1.82, 2.24) is 10.6 Å². The van der Waals surface area contributed by atoms with Crippen molar-refractivity contribution in [3.05, 3.63) is 11.1 Å². The number of hydrogen-bond acceptors (Lipinski definition) is 2. The molecule has 0 radical (unpaired) electrons. The summed E-state index contributed by atoms with van der Waals surface area (Å²) in [6.07, 6.45) is 0. The predicted octanol–water partition coefficient (Wildman–Crippen LogP) is 0.667. The van der Waals surface area contributed by atoms with E-state index in [1.165, 1.54) is 6.92 Å². The summed E-state index contributed by atoms with van der Waals surface area (Å²) >= 11 is 3.04. The van der Waals surface area contributed by atoms with Crippen molar-refractivity contribution >= 4 is 27.9 Å². The monoisotopic (exact) mass is 250 g/mol. The summed E-state index contributed by atoms with van der Waals surface area (Å²) in [4.78, 5) is 21.2. The third-order valence-corrected chi connectivity index (χ3v) is 1.44. The second-order valence-electron chi connectivity index (χ2n) is 2.40. The van der Waals surface area contributed by atoms with E-state index in [-0.39, 0.29) is 6.54 Å². The Bertz CT molecular complexity index is 230. The molecule has 2 amide bonds. The Morgan fingerprint density at radius 1 is 1.62 bits per heavy atom. The lowest BCUT2D eigenvalue weighted by Gasteiger charge is -2.09. The lowest BCUT2D eigenvalue weighted by atomic mass is 10.3. The first-order valence-corrected chi connectivity index (χ1v) is 4.33. The van der Waals surface area contributed by atoms with E-state index in [1.54, 1.807) is 0 Å². The molecule has 5 nitrogen and oxygen atoms in total. The van der Waals surface area contributed by atoms with Gasteiger partial charge in [-0.1, -0.05) is 22.5 Å².